The highest BCUT2D eigenvalue weighted by Crippen LogP contribution is 2.37. The van der Waals surface area contributed by atoms with Crippen LogP contribution in [0, 0.1) is 0 Å². The Balaban J connectivity index is 1.30. The molecular formula is C21H14BrN3O4. The summed E-state index contributed by atoms with van der Waals surface area (Å²) in [5, 5.41) is 5.85. The van der Waals surface area contributed by atoms with E-state index in [4.69, 9.17) is 9.47 Å². The zero-order chi connectivity index (χ0) is 20.0. The van der Waals surface area contributed by atoms with E-state index < -0.39 is 5.91 Å². The molecule has 0 saturated carbocycles. The van der Waals surface area contributed by atoms with Gasteiger partial charge in [0.25, 0.3) is 11.8 Å². The topological polar surface area (TPSA) is 80.2 Å². The Morgan fingerprint density at radius 2 is 1.93 bits per heavy atom. The first kappa shape index (κ1) is 17.7. The molecule has 0 bridgehead atoms. The van der Waals surface area contributed by atoms with Crippen molar-refractivity contribution in [3.05, 3.63) is 64.1 Å². The highest BCUT2D eigenvalue weighted by Gasteiger charge is 2.30. The second-order valence-electron chi connectivity index (χ2n) is 6.59. The number of hydrazone groups is 1. The van der Waals surface area contributed by atoms with Crippen molar-refractivity contribution < 1.29 is 19.1 Å². The van der Waals surface area contributed by atoms with Gasteiger partial charge in [-0.15, -0.1) is 0 Å². The summed E-state index contributed by atoms with van der Waals surface area (Å²) in [6.07, 6.45) is 1.51. The Hall–Kier alpha value is -3.39. The first-order valence-corrected chi connectivity index (χ1v) is 9.66. The molecule has 0 radical (unpaired) electrons. The van der Waals surface area contributed by atoms with E-state index in [2.05, 4.69) is 26.5 Å². The second-order valence-corrected chi connectivity index (χ2v) is 7.45. The zero-order valence-electron chi connectivity index (χ0n) is 15.0. The van der Waals surface area contributed by atoms with Crippen molar-refractivity contribution in [3.8, 4) is 11.5 Å². The summed E-state index contributed by atoms with van der Waals surface area (Å²) in [6.45, 7) is 0.0599. The van der Waals surface area contributed by atoms with E-state index in [1.807, 2.05) is 30.3 Å². The summed E-state index contributed by atoms with van der Waals surface area (Å²) >= 11 is 3.44. The molecule has 0 unspecified atom stereocenters. The molecule has 8 heteroatoms. The van der Waals surface area contributed by atoms with Crippen molar-refractivity contribution in [2.45, 2.75) is 0 Å². The van der Waals surface area contributed by atoms with Gasteiger partial charge in [0, 0.05) is 21.0 Å². The van der Waals surface area contributed by atoms with Crippen LogP contribution in [-0.4, -0.2) is 31.4 Å². The lowest BCUT2D eigenvalue weighted by Gasteiger charge is -2.16. The van der Waals surface area contributed by atoms with Crippen molar-refractivity contribution in [3.63, 3.8) is 0 Å². The van der Waals surface area contributed by atoms with Crippen molar-refractivity contribution in [1.82, 2.24) is 5.43 Å². The number of nitrogens with zero attached hydrogens (tertiary/aromatic N) is 2. The number of halogens is 1. The minimum absolute atomic E-state index is 0.119. The van der Waals surface area contributed by atoms with E-state index in [-0.39, 0.29) is 19.2 Å². The molecule has 2 amide bonds. The summed E-state index contributed by atoms with van der Waals surface area (Å²) in [4.78, 5) is 26.6. The van der Waals surface area contributed by atoms with Gasteiger partial charge in [-0.3, -0.25) is 14.5 Å². The Kier molecular flexibility index (Phi) is 4.21. The normalized spacial score (nSPS) is 14.2. The molecule has 0 aliphatic carbocycles. The number of amides is 2. The molecule has 2 aliphatic rings. The fraction of sp³-hybridized carbons (Fsp3) is 0.0952. The number of hydrogen-bond donors (Lipinski definition) is 1. The van der Waals surface area contributed by atoms with E-state index in [0.29, 0.717) is 17.1 Å². The molecule has 3 aromatic rings. The lowest BCUT2D eigenvalue weighted by Crippen LogP contribution is -2.37. The molecule has 1 N–H and O–H groups in total. The van der Waals surface area contributed by atoms with Gasteiger partial charge in [-0.1, -0.05) is 24.3 Å². The van der Waals surface area contributed by atoms with Crippen LogP contribution in [-0.2, 0) is 4.79 Å². The van der Waals surface area contributed by atoms with Gasteiger partial charge in [0.05, 0.1) is 11.9 Å². The molecule has 0 saturated heterocycles. The van der Waals surface area contributed by atoms with E-state index in [1.165, 1.54) is 11.1 Å². The Morgan fingerprint density at radius 1 is 1.17 bits per heavy atom. The minimum Gasteiger partial charge on any atom is -0.454 e. The average molecular weight is 452 g/mol. The van der Waals surface area contributed by atoms with Crippen molar-refractivity contribution in [2.24, 2.45) is 5.10 Å². The van der Waals surface area contributed by atoms with Crippen molar-refractivity contribution in [1.29, 1.82) is 0 Å². The number of fused-ring (bicyclic) bond motifs is 1. The largest absolute Gasteiger partial charge is 0.454 e. The van der Waals surface area contributed by atoms with E-state index in [1.54, 1.807) is 18.2 Å². The monoisotopic (exact) mass is 451 g/mol. The number of hydrogen-bond acceptors (Lipinski definition) is 5. The first-order valence-electron chi connectivity index (χ1n) is 8.86. The van der Waals surface area contributed by atoms with Crippen LogP contribution in [0.2, 0.25) is 0 Å². The molecule has 0 fully saturated rings. The molecule has 0 aromatic heterocycles. The van der Waals surface area contributed by atoms with Crippen LogP contribution < -0.4 is 19.8 Å². The molecule has 29 heavy (non-hydrogen) atoms. The van der Waals surface area contributed by atoms with Gasteiger partial charge in [-0.2, -0.15) is 5.10 Å². The predicted molar refractivity (Wildman–Crippen MR) is 112 cm³/mol. The fourth-order valence-corrected chi connectivity index (χ4v) is 3.95. The average Bonchev–Trinajstić information content (AvgIpc) is 3.27. The van der Waals surface area contributed by atoms with Crippen LogP contribution in [0.3, 0.4) is 0 Å². The zero-order valence-corrected chi connectivity index (χ0v) is 16.6. The molecule has 7 nitrogen and oxygen atoms in total. The quantitative estimate of drug-likeness (QED) is 0.486. The van der Waals surface area contributed by atoms with Gasteiger partial charge in [-0.05, 0) is 45.6 Å². The molecular weight excluding hydrogens is 438 g/mol. The number of carbonyl (C=O) groups excluding carboxylic acids is 2. The third kappa shape index (κ3) is 3.01. The second kappa shape index (κ2) is 6.89. The van der Waals surface area contributed by atoms with Gasteiger partial charge >= 0.3 is 0 Å². The SMILES string of the molecule is O=C(CN1C(=O)c2cccc3cccc1c23)N/N=C\c1cc2c(cc1Br)OCO2. The molecule has 2 heterocycles. The third-order valence-electron chi connectivity index (χ3n) is 4.84. The van der Waals surface area contributed by atoms with Gasteiger partial charge < -0.3 is 9.47 Å². The maximum Gasteiger partial charge on any atom is 0.260 e. The Labute approximate surface area is 174 Å². The fourth-order valence-electron chi connectivity index (χ4n) is 3.52. The first-order chi connectivity index (χ1) is 14.1. The van der Waals surface area contributed by atoms with E-state index in [9.17, 15) is 9.59 Å². The molecule has 3 aromatic carbocycles. The Morgan fingerprint density at radius 3 is 2.76 bits per heavy atom. The number of nitrogens with one attached hydrogen (secondary N) is 1. The molecule has 2 aliphatic heterocycles. The summed E-state index contributed by atoms with van der Waals surface area (Å²) in [5.74, 6) is 0.694. The van der Waals surface area contributed by atoms with Crippen LogP contribution >= 0.6 is 15.9 Å². The molecule has 5 rings (SSSR count). The number of rotatable bonds is 4. The van der Waals surface area contributed by atoms with Crippen LogP contribution in [0.4, 0.5) is 5.69 Å². The highest BCUT2D eigenvalue weighted by atomic mass is 79.9. The molecule has 144 valence electrons. The summed E-state index contributed by atoms with van der Waals surface area (Å²) in [5.41, 5.74) is 4.55. The van der Waals surface area contributed by atoms with Crippen molar-refractivity contribution >= 4 is 50.4 Å². The molecule has 0 atom stereocenters. The van der Waals surface area contributed by atoms with Crippen LogP contribution in [0.5, 0.6) is 11.5 Å². The van der Waals surface area contributed by atoms with Gasteiger partial charge in [-0.25, -0.2) is 5.43 Å². The van der Waals surface area contributed by atoms with E-state index in [0.717, 1.165) is 26.5 Å². The van der Waals surface area contributed by atoms with Crippen LogP contribution in [0.25, 0.3) is 10.8 Å². The third-order valence-corrected chi connectivity index (χ3v) is 5.52. The standard InChI is InChI=1S/C21H14BrN3O4/c22-15-8-18-17(28-11-29-18)7-13(15)9-23-24-19(26)10-25-16-6-2-4-12-3-1-5-14(20(12)16)21(25)27/h1-9H,10-11H2,(H,24,26)/b23-9-. The molecule has 0 spiro atoms. The van der Waals surface area contributed by atoms with Gasteiger partial charge in [0.15, 0.2) is 11.5 Å². The van der Waals surface area contributed by atoms with E-state index >= 15 is 0 Å². The number of benzene rings is 3. The smallest absolute Gasteiger partial charge is 0.260 e. The number of carbonyl (C=O) groups is 2. The lowest BCUT2D eigenvalue weighted by atomic mass is 10.1. The number of anilines is 1. The van der Waals surface area contributed by atoms with Gasteiger partial charge in [0.1, 0.15) is 6.54 Å². The van der Waals surface area contributed by atoms with Crippen LogP contribution in [0.1, 0.15) is 15.9 Å². The minimum atomic E-state index is -0.392. The summed E-state index contributed by atoms with van der Waals surface area (Å²) in [7, 11) is 0. The maximum absolute atomic E-state index is 12.7. The lowest BCUT2D eigenvalue weighted by molar-refractivity contribution is -0.119. The summed E-state index contributed by atoms with van der Waals surface area (Å²) in [6, 6.07) is 14.8. The van der Waals surface area contributed by atoms with Gasteiger partial charge in [0.2, 0.25) is 6.79 Å². The highest BCUT2D eigenvalue weighted by molar-refractivity contribution is 9.10. The van der Waals surface area contributed by atoms with Crippen LogP contribution in [0.15, 0.2) is 58.1 Å². The summed E-state index contributed by atoms with van der Waals surface area (Å²) < 4.78 is 11.4. The van der Waals surface area contributed by atoms with Crippen molar-refractivity contribution in [2.75, 3.05) is 18.2 Å². The Bertz CT molecular complexity index is 1200. The number of ether oxygens (including phenoxy) is 2. The predicted octanol–water partition coefficient (Wildman–Crippen LogP) is 3.44. The maximum atomic E-state index is 12.7.